The molecule has 2 aromatic rings. The predicted octanol–water partition coefficient (Wildman–Crippen LogP) is 2.57. The Bertz CT molecular complexity index is 643. The van der Waals surface area contributed by atoms with E-state index < -0.39 is 5.97 Å². The highest BCUT2D eigenvalue weighted by Crippen LogP contribution is 2.20. The van der Waals surface area contributed by atoms with E-state index in [-0.39, 0.29) is 11.1 Å². The lowest BCUT2D eigenvalue weighted by Gasteiger charge is -2.07. The molecule has 0 bridgehead atoms. The quantitative estimate of drug-likeness (QED) is 0.869. The first-order chi connectivity index (χ1) is 8.63. The summed E-state index contributed by atoms with van der Waals surface area (Å²) in [5.41, 5.74) is 1.23. The van der Waals surface area contributed by atoms with Gasteiger partial charge in [-0.05, 0) is 24.5 Å². The molecular formula is C14H15NO3. The van der Waals surface area contributed by atoms with E-state index in [2.05, 4.69) is 11.9 Å². The van der Waals surface area contributed by atoms with Crippen LogP contribution in [0.3, 0.4) is 0 Å². The third-order valence-electron chi connectivity index (χ3n) is 2.99. The Balaban J connectivity index is 2.69. The van der Waals surface area contributed by atoms with Crippen molar-refractivity contribution in [2.75, 3.05) is 0 Å². The summed E-state index contributed by atoms with van der Waals surface area (Å²) in [6, 6.07) is 6.62. The minimum atomic E-state index is -1.02. The van der Waals surface area contributed by atoms with Gasteiger partial charge < -0.3 is 10.1 Å². The molecule has 4 nitrogen and oxygen atoms in total. The number of aromatic amines is 1. The molecule has 0 unspecified atom stereocenters. The van der Waals surface area contributed by atoms with Crippen molar-refractivity contribution in [3.8, 4) is 0 Å². The highest BCUT2D eigenvalue weighted by atomic mass is 16.4. The summed E-state index contributed by atoms with van der Waals surface area (Å²) in [5, 5.41) is 9.94. The van der Waals surface area contributed by atoms with Gasteiger partial charge in [-0.2, -0.15) is 0 Å². The Morgan fingerprint density at radius 3 is 2.83 bits per heavy atom. The normalized spacial score (nSPS) is 10.7. The van der Waals surface area contributed by atoms with Crippen molar-refractivity contribution in [3.05, 3.63) is 45.7 Å². The molecule has 2 rings (SSSR count). The predicted molar refractivity (Wildman–Crippen MR) is 70.1 cm³/mol. The number of fused-ring (bicyclic) bond motifs is 1. The van der Waals surface area contributed by atoms with Crippen LogP contribution in [0.25, 0.3) is 10.9 Å². The van der Waals surface area contributed by atoms with Crippen LogP contribution in [0.15, 0.2) is 29.1 Å². The molecule has 2 N–H and O–H groups in total. The van der Waals surface area contributed by atoms with Crippen LogP contribution < -0.4 is 5.56 Å². The summed E-state index contributed by atoms with van der Waals surface area (Å²) >= 11 is 0. The molecule has 94 valence electrons. The number of H-pyrrole nitrogens is 1. The highest BCUT2D eigenvalue weighted by Gasteiger charge is 2.11. The number of aromatic carboxylic acids is 1. The first-order valence-electron chi connectivity index (χ1n) is 6.01. The molecule has 0 spiro atoms. The number of nitrogens with one attached hydrogen (secondary N) is 1. The average Bonchev–Trinajstić information content (AvgIpc) is 2.34. The van der Waals surface area contributed by atoms with Crippen LogP contribution in [0.2, 0.25) is 0 Å². The maximum absolute atomic E-state index is 11.6. The summed E-state index contributed by atoms with van der Waals surface area (Å²) < 4.78 is 0. The van der Waals surface area contributed by atoms with E-state index in [4.69, 9.17) is 5.11 Å². The molecular weight excluding hydrogens is 230 g/mol. The van der Waals surface area contributed by atoms with Crippen LogP contribution in [-0.2, 0) is 6.42 Å². The highest BCUT2D eigenvalue weighted by molar-refractivity contribution is 6.02. The zero-order valence-corrected chi connectivity index (χ0v) is 10.2. The van der Waals surface area contributed by atoms with Gasteiger partial charge in [0.25, 0.3) is 0 Å². The van der Waals surface area contributed by atoms with Gasteiger partial charge in [-0.25, -0.2) is 4.79 Å². The second-order valence-corrected chi connectivity index (χ2v) is 4.30. The number of carboxylic acid groups (broad SMARTS) is 1. The lowest BCUT2D eigenvalue weighted by Crippen LogP contribution is -2.10. The molecule has 1 heterocycles. The van der Waals surface area contributed by atoms with E-state index in [0.29, 0.717) is 5.52 Å². The smallest absolute Gasteiger partial charge is 0.337 e. The zero-order valence-electron chi connectivity index (χ0n) is 10.2. The topological polar surface area (TPSA) is 70.2 Å². The SMILES string of the molecule is CCCCc1cc(=O)[nH]c2c(C(=O)O)cccc12. The number of unbranched alkanes of at least 4 members (excludes halogenated alkanes) is 1. The summed E-state index contributed by atoms with van der Waals surface area (Å²) in [6.07, 6.45) is 2.81. The lowest BCUT2D eigenvalue weighted by atomic mass is 10.0. The number of carboxylic acids is 1. The van der Waals surface area contributed by atoms with E-state index in [1.165, 1.54) is 6.07 Å². The van der Waals surface area contributed by atoms with Crippen LogP contribution in [-0.4, -0.2) is 16.1 Å². The number of para-hydroxylation sites is 1. The molecule has 0 fully saturated rings. The first kappa shape index (κ1) is 12.4. The Labute approximate surface area is 104 Å². The summed E-state index contributed by atoms with van der Waals surface area (Å²) in [6.45, 7) is 2.08. The minimum Gasteiger partial charge on any atom is -0.478 e. The largest absolute Gasteiger partial charge is 0.478 e. The minimum absolute atomic E-state index is 0.142. The van der Waals surface area contributed by atoms with Crippen molar-refractivity contribution in [2.24, 2.45) is 0 Å². The van der Waals surface area contributed by atoms with Gasteiger partial charge in [0, 0.05) is 11.5 Å². The standard InChI is InChI=1S/C14H15NO3/c1-2-3-5-9-8-12(16)15-13-10(9)6-4-7-11(13)14(17)18/h4,6-8H,2-3,5H2,1H3,(H,15,16)(H,17,18). The van der Waals surface area contributed by atoms with Crippen LogP contribution in [0.5, 0.6) is 0 Å². The number of carbonyl (C=O) groups is 1. The number of aryl methyl sites for hydroxylation is 1. The Hall–Kier alpha value is -2.10. The number of aromatic nitrogens is 1. The zero-order chi connectivity index (χ0) is 13.1. The van der Waals surface area contributed by atoms with Gasteiger partial charge >= 0.3 is 5.97 Å². The van der Waals surface area contributed by atoms with Gasteiger partial charge in [-0.15, -0.1) is 0 Å². The number of rotatable bonds is 4. The monoisotopic (exact) mass is 245 g/mol. The fourth-order valence-electron chi connectivity index (χ4n) is 2.10. The Kier molecular flexibility index (Phi) is 3.46. The van der Waals surface area contributed by atoms with Crippen molar-refractivity contribution in [1.29, 1.82) is 0 Å². The third kappa shape index (κ3) is 2.27. The van der Waals surface area contributed by atoms with Crippen molar-refractivity contribution in [2.45, 2.75) is 26.2 Å². The molecule has 0 aliphatic carbocycles. The molecule has 0 radical (unpaired) electrons. The molecule has 1 aromatic heterocycles. The molecule has 0 saturated carbocycles. The molecule has 1 aromatic carbocycles. The fourth-order valence-corrected chi connectivity index (χ4v) is 2.10. The second-order valence-electron chi connectivity index (χ2n) is 4.30. The molecule has 0 saturated heterocycles. The number of pyridine rings is 1. The van der Waals surface area contributed by atoms with Crippen LogP contribution in [0, 0.1) is 0 Å². The van der Waals surface area contributed by atoms with E-state index in [0.717, 1.165) is 30.2 Å². The number of hydrogen-bond donors (Lipinski definition) is 2. The molecule has 0 amide bonds. The van der Waals surface area contributed by atoms with Gasteiger partial charge in [0.2, 0.25) is 5.56 Å². The summed E-state index contributed by atoms with van der Waals surface area (Å²) in [5.74, 6) is -1.02. The van der Waals surface area contributed by atoms with Crippen molar-refractivity contribution < 1.29 is 9.90 Å². The average molecular weight is 245 g/mol. The van der Waals surface area contributed by atoms with Gasteiger partial charge in [0.1, 0.15) is 0 Å². The van der Waals surface area contributed by atoms with Gasteiger partial charge in [0.05, 0.1) is 11.1 Å². The Morgan fingerprint density at radius 1 is 1.39 bits per heavy atom. The molecule has 0 aliphatic heterocycles. The maximum atomic E-state index is 11.6. The summed E-state index contributed by atoms with van der Waals surface area (Å²) in [7, 11) is 0. The molecule has 18 heavy (non-hydrogen) atoms. The van der Waals surface area contributed by atoms with E-state index in [9.17, 15) is 9.59 Å². The third-order valence-corrected chi connectivity index (χ3v) is 2.99. The van der Waals surface area contributed by atoms with Crippen molar-refractivity contribution >= 4 is 16.9 Å². The molecule has 4 heteroatoms. The fraction of sp³-hybridized carbons (Fsp3) is 0.286. The van der Waals surface area contributed by atoms with Crippen molar-refractivity contribution in [3.63, 3.8) is 0 Å². The number of benzene rings is 1. The van der Waals surface area contributed by atoms with E-state index >= 15 is 0 Å². The Morgan fingerprint density at radius 2 is 2.17 bits per heavy atom. The van der Waals surface area contributed by atoms with Gasteiger partial charge in [-0.1, -0.05) is 25.5 Å². The molecule has 0 aliphatic rings. The van der Waals surface area contributed by atoms with Crippen LogP contribution in [0.4, 0.5) is 0 Å². The van der Waals surface area contributed by atoms with Crippen LogP contribution in [0.1, 0.15) is 35.7 Å². The first-order valence-corrected chi connectivity index (χ1v) is 6.01. The van der Waals surface area contributed by atoms with E-state index in [1.807, 2.05) is 6.07 Å². The van der Waals surface area contributed by atoms with Gasteiger partial charge in [0.15, 0.2) is 0 Å². The summed E-state index contributed by atoms with van der Waals surface area (Å²) in [4.78, 5) is 25.3. The lowest BCUT2D eigenvalue weighted by molar-refractivity contribution is 0.0699. The van der Waals surface area contributed by atoms with Crippen LogP contribution >= 0.6 is 0 Å². The van der Waals surface area contributed by atoms with Gasteiger partial charge in [-0.3, -0.25) is 4.79 Å². The number of hydrogen-bond acceptors (Lipinski definition) is 2. The van der Waals surface area contributed by atoms with E-state index in [1.54, 1.807) is 12.1 Å². The second kappa shape index (κ2) is 5.04. The van der Waals surface area contributed by atoms with Crippen molar-refractivity contribution in [1.82, 2.24) is 4.98 Å². The maximum Gasteiger partial charge on any atom is 0.337 e. The molecule has 0 atom stereocenters.